The highest BCUT2D eigenvalue weighted by Gasteiger charge is 2.20. The molecule has 0 saturated heterocycles. The highest BCUT2D eigenvalue weighted by molar-refractivity contribution is 5.89. The van der Waals surface area contributed by atoms with E-state index in [9.17, 15) is 0 Å². The number of aryl methyl sites for hydroxylation is 4. The summed E-state index contributed by atoms with van der Waals surface area (Å²) in [4.78, 5) is 2.46. The Morgan fingerprint density at radius 3 is 2.34 bits per heavy atom. The first kappa shape index (κ1) is 21.2. The molecule has 29 heavy (non-hydrogen) atoms. The zero-order valence-corrected chi connectivity index (χ0v) is 19.0. The summed E-state index contributed by atoms with van der Waals surface area (Å²) in [5.41, 5.74) is 9.27. The number of nitrogens with zero attached hydrogens (tertiary/aromatic N) is 1. The molecule has 0 amide bonds. The number of hydrogen-bond acceptors (Lipinski definition) is 1. The van der Waals surface area contributed by atoms with Crippen molar-refractivity contribution in [2.75, 3.05) is 4.90 Å². The number of benzene rings is 3. The minimum Gasteiger partial charge on any atom is -0.341 e. The minimum absolute atomic E-state index is 0.442. The Morgan fingerprint density at radius 2 is 1.69 bits per heavy atom. The van der Waals surface area contributed by atoms with Crippen LogP contribution in [0.1, 0.15) is 55.0 Å². The third kappa shape index (κ3) is 4.24. The van der Waals surface area contributed by atoms with Gasteiger partial charge in [-0.2, -0.15) is 0 Å². The van der Waals surface area contributed by atoms with Gasteiger partial charge < -0.3 is 4.90 Å². The molecule has 1 unspecified atom stereocenters. The Labute approximate surface area is 177 Å². The van der Waals surface area contributed by atoms with Gasteiger partial charge in [0.1, 0.15) is 0 Å². The van der Waals surface area contributed by atoms with Crippen LogP contribution in [0.4, 0.5) is 5.69 Å². The number of anilines is 1. The smallest absolute Gasteiger partial charge is 0.0487 e. The van der Waals surface area contributed by atoms with Crippen molar-refractivity contribution >= 4 is 16.5 Å². The molecule has 0 aromatic heterocycles. The van der Waals surface area contributed by atoms with Crippen molar-refractivity contribution in [2.45, 2.75) is 60.9 Å². The number of allylic oxidation sites excluding steroid dienone is 1. The summed E-state index contributed by atoms with van der Waals surface area (Å²) in [6.45, 7) is 18.8. The zero-order valence-electron chi connectivity index (χ0n) is 19.0. The maximum absolute atomic E-state index is 4.54. The van der Waals surface area contributed by atoms with Gasteiger partial charge in [-0.1, -0.05) is 75.4 Å². The molecule has 0 aliphatic carbocycles. The quantitative estimate of drug-likeness (QED) is 0.399. The molecule has 0 radical (unpaired) electrons. The van der Waals surface area contributed by atoms with Gasteiger partial charge in [0.05, 0.1) is 0 Å². The average molecular weight is 386 g/mol. The summed E-state index contributed by atoms with van der Waals surface area (Å²) in [5.74, 6) is 0.442. The molecule has 0 saturated carbocycles. The van der Waals surface area contributed by atoms with E-state index < -0.39 is 0 Å². The Balaban J connectivity index is 2.18. The first-order valence-corrected chi connectivity index (χ1v) is 10.9. The van der Waals surface area contributed by atoms with Crippen molar-refractivity contribution in [3.8, 4) is 0 Å². The van der Waals surface area contributed by atoms with Crippen molar-refractivity contribution in [1.29, 1.82) is 0 Å². The normalized spacial score (nSPS) is 12.2. The van der Waals surface area contributed by atoms with Crippen molar-refractivity contribution in [3.05, 3.63) is 88.6 Å². The van der Waals surface area contributed by atoms with Crippen LogP contribution in [0.15, 0.2) is 60.8 Å². The molecule has 1 atom stereocenters. The van der Waals surface area contributed by atoms with E-state index in [1.54, 1.807) is 0 Å². The monoisotopic (exact) mass is 385 g/mol. The summed E-state index contributed by atoms with van der Waals surface area (Å²) in [6, 6.07) is 18.0. The van der Waals surface area contributed by atoms with Gasteiger partial charge in [-0.25, -0.2) is 0 Å². The number of fused-ring (bicyclic) bond motifs is 1. The summed E-state index contributed by atoms with van der Waals surface area (Å²) in [6.07, 6.45) is 2.13. The molecule has 3 aromatic rings. The molecule has 0 spiro atoms. The van der Waals surface area contributed by atoms with Crippen LogP contribution in [-0.2, 0) is 13.0 Å². The van der Waals surface area contributed by atoms with Gasteiger partial charge in [0.15, 0.2) is 0 Å². The molecule has 0 bridgehead atoms. The third-order valence-corrected chi connectivity index (χ3v) is 6.36. The van der Waals surface area contributed by atoms with E-state index in [0.29, 0.717) is 5.92 Å². The average Bonchev–Trinajstić information content (AvgIpc) is 2.71. The van der Waals surface area contributed by atoms with Crippen molar-refractivity contribution in [1.82, 2.24) is 0 Å². The predicted molar refractivity (Wildman–Crippen MR) is 129 cm³/mol. The van der Waals surface area contributed by atoms with E-state index in [4.69, 9.17) is 0 Å². The maximum Gasteiger partial charge on any atom is 0.0487 e. The van der Waals surface area contributed by atoms with Crippen LogP contribution < -0.4 is 4.90 Å². The lowest BCUT2D eigenvalue weighted by Gasteiger charge is -2.33. The molecular formula is C28H35N. The van der Waals surface area contributed by atoms with Crippen LogP contribution in [-0.4, -0.2) is 0 Å². The van der Waals surface area contributed by atoms with Gasteiger partial charge in [-0.15, -0.1) is 0 Å². The largest absolute Gasteiger partial charge is 0.341 e. The third-order valence-electron chi connectivity index (χ3n) is 6.36. The van der Waals surface area contributed by atoms with Crippen LogP contribution in [0, 0.1) is 26.7 Å². The first-order valence-electron chi connectivity index (χ1n) is 10.9. The van der Waals surface area contributed by atoms with Crippen molar-refractivity contribution < 1.29 is 0 Å². The molecule has 0 aliphatic heterocycles. The number of hydrogen-bond donors (Lipinski definition) is 0. The summed E-state index contributed by atoms with van der Waals surface area (Å²) >= 11 is 0. The van der Waals surface area contributed by atoms with Crippen LogP contribution in [0.2, 0.25) is 0 Å². The fourth-order valence-corrected chi connectivity index (χ4v) is 4.25. The Bertz CT molecular complexity index is 1030. The molecule has 0 aliphatic rings. The number of rotatable bonds is 7. The van der Waals surface area contributed by atoms with Crippen LogP contribution in [0.25, 0.3) is 10.8 Å². The molecule has 152 valence electrons. The van der Waals surface area contributed by atoms with Gasteiger partial charge in [0.25, 0.3) is 0 Å². The van der Waals surface area contributed by atoms with Crippen molar-refractivity contribution in [2.24, 2.45) is 5.92 Å². The second-order valence-corrected chi connectivity index (χ2v) is 8.40. The highest BCUT2D eigenvalue weighted by Crippen LogP contribution is 2.33. The van der Waals surface area contributed by atoms with Gasteiger partial charge in [-0.3, -0.25) is 0 Å². The van der Waals surface area contributed by atoms with E-state index in [0.717, 1.165) is 19.4 Å². The predicted octanol–water partition coefficient (Wildman–Crippen LogP) is 7.89. The molecule has 0 N–H and O–H groups in total. The minimum atomic E-state index is 0.442. The SMILES string of the molecule is C=C(C(C)CC)N(Cc1c(CC)ccc2c(C)cccc12)c1ccc(C)cc1C. The van der Waals surface area contributed by atoms with Crippen LogP contribution in [0.3, 0.4) is 0 Å². The van der Waals surface area contributed by atoms with Crippen LogP contribution >= 0.6 is 0 Å². The maximum atomic E-state index is 4.54. The molecule has 1 heteroatoms. The topological polar surface area (TPSA) is 3.24 Å². The fourth-order valence-electron chi connectivity index (χ4n) is 4.25. The van der Waals surface area contributed by atoms with Gasteiger partial charge in [-0.05, 0) is 78.6 Å². The lowest BCUT2D eigenvalue weighted by molar-refractivity contribution is 0.622. The molecular weight excluding hydrogens is 350 g/mol. The van der Waals surface area contributed by atoms with Gasteiger partial charge in [0.2, 0.25) is 0 Å². The van der Waals surface area contributed by atoms with E-state index in [-0.39, 0.29) is 0 Å². The lowest BCUT2D eigenvalue weighted by atomic mass is 9.93. The fraction of sp³-hybridized carbons (Fsp3) is 0.357. The van der Waals surface area contributed by atoms with E-state index >= 15 is 0 Å². The van der Waals surface area contributed by atoms with E-state index in [1.165, 1.54) is 50.0 Å². The second-order valence-electron chi connectivity index (χ2n) is 8.40. The Morgan fingerprint density at radius 1 is 0.931 bits per heavy atom. The summed E-state index contributed by atoms with van der Waals surface area (Å²) < 4.78 is 0. The van der Waals surface area contributed by atoms with Crippen molar-refractivity contribution in [3.63, 3.8) is 0 Å². The van der Waals surface area contributed by atoms with Crippen LogP contribution in [0.5, 0.6) is 0 Å². The second kappa shape index (κ2) is 8.86. The standard InChI is InChI=1S/C28H35N/c1-8-20(4)23(7)29(28-16-13-19(3)17-22(28)6)18-27-24(9-2)14-15-25-21(5)11-10-12-26(25)27/h10-17,20H,7-9,18H2,1-6H3. The van der Waals surface area contributed by atoms with Gasteiger partial charge >= 0.3 is 0 Å². The zero-order chi connectivity index (χ0) is 21.1. The van der Waals surface area contributed by atoms with E-state index in [2.05, 4.69) is 102 Å². The Hall–Kier alpha value is -2.54. The molecule has 3 rings (SSSR count). The molecule has 0 fully saturated rings. The van der Waals surface area contributed by atoms with Gasteiger partial charge in [0, 0.05) is 17.9 Å². The highest BCUT2D eigenvalue weighted by atomic mass is 15.1. The first-order chi connectivity index (χ1) is 13.9. The molecule has 3 aromatic carbocycles. The summed E-state index contributed by atoms with van der Waals surface area (Å²) in [5, 5.41) is 2.73. The molecule has 1 nitrogen and oxygen atoms in total. The molecule has 0 heterocycles. The van der Waals surface area contributed by atoms with E-state index in [1.807, 2.05) is 0 Å². The Kier molecular flexibility index (Phi) is 6.47. The summed E-state index contributed by atoms with van der Waals surface area (Å²) in [7, 11) is 0. The lowest BCUT2D eigenvalue weighted by Crippen LogP contribution is -2.26.